The molecule has 39 heavy (non-hydrogen) atoms. The van der Waals surface area contributed by atoms with Gasteiger partial charge >= 0.3 is 0 Å². The minimum absolute atomic E-state index is 0.119. The summed E-state index contributed by atoms with van der Waals surface area (Å²) in [6, 6.07) is 0.301. The van der Waals surface area contributed by atoms with E-state index >= 15 is 0 Å². The quantitative estimate of drug-likeness (QED) is 0.351. The van der Waals surface area contributed by atoms with E-state index in [2.05, 4.69) is 39.9 Å². The highest BCUT2D eigenvalue weighted by Crippen LogP contribution is 2.68. The van der Waals surface area contributed by atoms with Crippen LogP contribution in [0.4, 0.5) is 0 Å². The Bertz CT molecular complexity index is 873. The molecule has 4 aliphatic carbocycles. The lowest BCUT2D eigenvalue weighted by molar-refractivity contribution is -0.277. The van der Waals surface area contributed by atoms with Crippen LogP contribution in [0.2, 0.25) is 0 Å². The SMILES string of the molecule is CC(C)CCC[C@@H](C)[C@H]1CCC2C3CC[C@H]4C[C@H](NC(=O)C5(C)COC(C)(C)OC5)CC[C@]4(C)C3CC[C@@]21C. The standard InChI is InChI=1S/C35H61NO3/c1-23(2)10-9-11-24(3)28-14-15-29-27-13-12-25-20-26(16-18-34(25,7)30(27)17-19-35(28,29)8)36-31(37)33(6)21-38-32(4,5)39-22-33/h23-30H,9-22H2,1-8H3,(H,36,37)/t24-,25+,26-,27?,28-,29?,30?,34+,35-/m1/s1. The Hall–Kier alpha value is -0.610. The summed E-state index contributed by atoms with van der Waals surface area (Å²) >= 11 is 0. The summed E-state index contributed by atoms with van der Waals surface area (Å²) < 4.78 is 11.7. The number of carbonyl (C=O) groups is 1. The number of fused-ring (bicyclic) bond motifs is 5. The third-order valence-electron chi connectivity index (χ3n) is 13.2. The Labute approximate surface area is 240 Å². The number of amides is 1. The van der Waals surface area contributed by atoms with E-state index in [9.17, 15) is 4.79 Å². The van der Waals surface area contributed by atoms with E-state index in [0.717, 1.165) is 54.3 Å². The van der Waals surface area contributed by atoms with Gasteiger partial charge in [0.15, 0.2) is 5.79 Å². The fraction of sp³-hybridized carbons (Fsp3) is 0.971. The number of rotatable bonds is 7. The van der Waals surface area contributed by atoms with E-state index in [1.54, 1.807) is 0 Å². The van der Waals surface area contributed by atoms with Crippen LogP contribution in [-0.2, 0) is 14.3 Å². The van der Waals surface area contributed by atoms with E-state index in [4.69, 9.17) is 9.47 Å². The normalized spacial score (nSPS) is 43.7. The first-order valence-electron chi connectivity index (χ1n) is 16.9. The molecule has 1 saturated heterocycles. The highest BCUT2D eigenvalue weighted by molar-refractivity contribution is 5.83. The van der Waals surface area contributed by atoms with Crippen LogP contribution in [0.15, 0.2) is 0 Å². The molecule has 3 unspecified atom stereocenters. The van der Waals surface area contributed by atoms with Gasteiger partial charge in [-0.2, -0.15) is 0 Å². The highest BCUT2D eigenvalue weighted by atomic mass is 16.7. The zero-order chi connectivity index (χ0) is 28.2. The fourth-order valence-electron chi connectivity index (χ4n) is 10.7. The molecule has 0 aromatic heterocycles. The molecule has 0 aromatic rings. The third kappa shape index (κ3) is 5.61. The van der Waals surface area contributed by atoms with Gasteiger partial charge in [-0.15, -0.1) is 0 Å². The van der Waals surface area contributed by atoms with Crippen molar-refractivity contribution < 1.29 is 14.3 Å². The minimum atomic E-state index is -0.591. The van der Waals surface area contributed by atoms with Gasteiger partial charge in [-0.05, 0) is 131 Å². The number of hydrogen-bond donors (Lipinski definition) is 1. The van der Waals surface area contributed by atoms with Crippen LogP contribution in [0.3, 0.4) is 0 Å². The highest BCUT2D eigenvalue weighted by Gasteiger charge is 2.60. The van der Waals surface area contributed by atoms with Crippen LogP contribution in [0.1, 0.15) is 132 Å². The molecule has 4 saturated carbocycles. The van der Waals surface area contributed by atoms with Gasteiger partial charge in [0.05, 0.1) is 18.6 Å². The van der Waals surface area contributed by atoms with Gasteiger partial charge in [0.25, 0.3) is 0 Å². The minimum Gasteiger partial charge on any atom is -0.353 e. The lowest BCUT2D eigenvalue weighted by Crippen LogP contribution is -2.58. The molecule has 1 heterocycles. The summed E-state index contributed by atoms with van der Waals surface area (Å²) in [5.41, 5.74) is 0.436. The lowest BCUT2D eigenvalue weighted by atomic mass is 9.44. The maximum Gasteiger partial charge on any atom is 0.230 e. The summed E-state index contributed by atoms with van der Waals surface area (Å²) in [6.45, 7) is 19.4. The topological polar surface area (TPSA) is 47.6 Å². The molecule has 1 N–H and O–H groups in total. The van der Waals surface area contributed by atoms with E-state index < -0.39 is 11.2 Å². The molecule has 4 nitrogen and oxygen atoms in total. The predicted octanol–water partition coefficient (Wildman–Crippen LogP) is 8.38. The molecular formula is C35H61NO3. The largest absolute Gasteiger partial charge is 0.353 e. The van der Waals surface area contributed by atoms with Gasteiger partial charge in [-0.25, -0.2) is 0 Å². The molecule has 0 spiro atoms. The molecule has 1 amide bonds. The van der Waals surface area contributed by atoms with Gasteiger partial charge in [0, 0.05) is 6.04 Å². The van der Waals surface area contributed by atoms with Crippen LogP contribution in [0, 0.1) is 57.7 Å². The first kappa shape index (κ1) is 29.9. The van der Waals surface area contributed by atoms with Crippen molar-refractivity contribution in [2.75, 3.05) is 13.2 Å². The average molecular weight is 544 g/mol. The van der Waals surface area contributed by atoms with Crippen molar-refractivity contribution >= 4 is 5.91 Å². The van der Waals surface area contributed by atoms with Crippen LogP contribution >= 0.6 is 0 Å². The molecule has 224 valence electrons. The van der Waals surface area contributed by atoms with Crippen LogP contribution in [0.25, 0.3) is 0 Å². The molecule has 5 fully saturated rings. The van der Waals surface area contributed by atoms with Crippen LogP contribution in [0.5, 0.6) is 0 Å². The molecule has 0 radical (unpaired) electrons. The Kier molecular flexibility index (Phi) is 8.35. The summed E-state index contributed by atoms with van der Waals surface area (Å²) in [4.78, 5) is 13.3. The first-order valence-corrected chi connectivity index (χ1v) is 16.9. The lowest BCUT2D eigenvalue weighted by Gasteiger charge is -2.61. The van der Waals surface area contributed by atoms with Crippen molar-refractivity contribution in [3.63, 3.8) is 0 Å². The monoisotopic (exact) mass is 543 g/mol. The van der Waals surface area contributed by atoms with Crippen LogP contribution in [-0.4, -0.2) is 30.9 Å². The van der Waals surface area contributed by atoms with Gasteiger partial charge in [0.2, 0.25) is 5.91 Å². The second kappa shape index (κ2) is 10.9. The Morgan fingerprint density at radius 3 is 2.18 bits per heavy atom. The fourth-order valence-corrected chi connectivity index (χ4v) is 10.7. The summed E-state index contributed by atoms with van der Waals surface area (Å²) in [5, 5.41) is 3.46. The summed E-state index contributed by atoms with van der Waals surface area (Å²) in [6.07, 6.45) is 16.4. The second-order valence-corrected chi connectivity index (χ2v) is 16.7. The Balaban J connectivity index is 1.19. The first-order chi connectivity index (χ1) is 18.3. The average Bonchev–Trinajstić information content (AvgIpc) is 3.23. The number of carbonyl (C=O) groups excluding carboxylic acids is 1. The van der Waals surface area contributed by atoms with Crippen molar-refractivity contribution in [2.45, 2.75) is 144 Å². The summed E-state index contributed by atoms with van der Waals surface area (Å²) in [5.74, 6) is 5.70. The molecule has 0 aromatic carbocycles. The zero-order valence-corrected chi connectivity index (χ0v) is 26.7. The van der Waals surface area contributed by atoms with Crippen molar-refractivity contribution in [1.29, 1.82) is 0 Å². The molecule has 4 heteroatoms. The number of hydrogen-bond acceptors (Lipinski definition) is 3. The van der Waals surface area contributed by atoms with E-state index in [-0.39, 0.29) is 5.91 Å². The predicted molar refractivity (Wildman–Crippen MR) is 159 cm³/mol. The molecule has 5 rings (SSSR count). The molecule has 5 aliphatic rings. The molecule has 1 aliphatic heterocycles. The van der Waals surface area contributed by atoms with Crippen LogP contribution < -0.4 is 5.32 Å². The van der Waals surface area contributed by atoms with Gasteiger partial charge in [-0.1, -0.05) is 53.9 Å². The molecule has 9 atom stereocenters. The van der Waals surface area contributed by atoms with Crippen molar-refractivity contribution in [1.82, 2.24) is 5.32 Å². The number of nitrogens with one attached hydrogen (secondary N) is 1. The van der Waals surface area contributed by atoms with Crippen molar-refractivity contribution in [3.05, 3.63) is 0 Å². The van der Waals surface area contributed by atoms with E-state index in [0.29, 0.717) is 30.1 Å². The van der Waals surface area contributed by atoms with E-state index in [1.807, 2.05) is 20.8 Å². The van der Waals surface area contributed by atoms with Crippen molar-refractivity contribution in [2.24, 2.45) is 57.7 Å². The zero-order valence-electron chi connectivity index (χ0n) is 26.7. The molecule has 0 bridgehead atoms. The third-order valence-corrected chi connectivity index (χ3v) is 13.2. The molecular weight excluding hydrogens is 482 g/mol. The van der Waals surface area contributed by atoms with Gasteiger partial charge in [0.1, 0.15) is 0 Å². The van der Waals surface area contributed by atoms with Gasteiger partial charge < -0.3 is 14.8 Å². The second-order valence-electron chi connectivity index (χ2n) is 16.7. The van der Waals surface area contributed by atoms with Gasteiger partial charge in [-0.3, -0.25) is 4.79 Å². The summed E-state index contributed by atoms with van der Waals surface area (Å²) in [7, 11) is 0. The maximum absolute atomic E-state index is 13.3. The maximum atomic E-state index is 13.3. The van der Waals surface area contributed by atoms with Crippen molar-refractivity contribution in [3.8, 4) is 0 Å². The Morgan fingerprint density at radius 1 is 0.821 bits per heavy atom. The smallest absolute Gasteiger partial charge is 0.230 e. The number of ether oxygens (including phenoxy) is 2. The Morgan fingerprint density at radius 2 is 1.49 bits per heavy atom. The van der Waals surface area contributed by atoms with E-state index in [1.165, 1.54) is 64.2 Å².